The predicted octanol–water partition coefficient (Wildman–Crippen LogP) is 3.03. The van der Waals surface area contributed by atoms with E-state index in [1.165, 1.54) is 0 Å². The van der Waals surface area contributed by atoms with Crippen LogP contribution >= 0.6 is 11.3 Å². The second-order valence-electron chi connectivity index (χ2n) is 3.64. The fourth-order valence-electron chi connectivity index (χ4n) is 1.66. The van der Waals surface area contributed by atoms with Gasteiger partial charge in [-0.05, 0) is 5.56 Å². The molecule has 0 bridgehead atoms. The lowest BCUT2D eigenvalue weighted by atomic mass is 10.1. The molecule has 0 fully saturated rings. The molecule has 90 valence electrons. The Morgan fingerprint density at radius 3 is 2.65 bits per heavy atom. The van der Waals surface area contributed by atoms with Crippen molar-refractivity contribution in [1.82, 2.24) is 4.98 Å². The SMILES string of the molecule is COCc1csc(C(OC)c2ccccc2)n1. The van der Waals surface area contributed by atoms with Crippen LogP contribution in [0.4, 0.5) is 0 Å². The van der Waals surface area contributed by atoms with E-state index in [9.17, 15) is 0 Å². The molecular weight excluding hydrogens is 234 g/mol. The van der Waals surface area contributed by atoms with Crippen molar-refractivity contribution in [3.63, 3.8) is 0 Å². The standard InChI is InChI=1S/C13H15NO2S/c1-15-8-11-9-17-13(14-11)12(16-2)10-6-4-3-5-7-10/h3-7,9,12H,8H2,1-2H3. The number of hydrogen-bond donors (Lipinski definition) is 0. The first-order valence-electron chi connectivity index (χ1n) is 5.36. The normalized spacial score (nSPS) is 12.6. The fourth-order valence-corrected chi connectivity index (χ4v) is 2.57. The van der Waals surface area contributed by atoms with E-state index in [0.29, 0.717) is 6.61 Å². The van der Waals surface area contributed by atoms with E-state index in [0.717, 1.165) is 16.3 Å². The van der Waals surface area contributed by atoms with E-state index in [1.807, 2.05) is 35.7 Å². The molecule has 0 saturated carbocycles. The van der Waals surface area contributed by atoms with Crippen LogP contribution in [-0.4, -0.2) is 19.2 Å². The highest BCUT2D eigenvalue weighted by molar-refractivity contribution is 7.09. The molecule has 4 heteroatoms. The summed E-state index contributed by atoms with van der Waals surface area (Å²) in [5.74, 6) is 0. The second kappa shape index (κ2) is 5.91. The van der Waals surface area contributed by atoms with Crippen molar-refractivity contribution in [3.05, 3.63) is 52.0 Å². The molecule has 0 spiro atoms. The van der Waals surface area contributed by atoms with Crippen molar-refractivity contribution in [2.75, 3.05) is 14.2 Å². The van der Waals surface area contributed by atoms with E-state index < -0.39 is 0 Å². The summed E-state index contributed by atoms with van der Waals surface area (Å²) in [5, 5.41) is 2.97. The Labute approximate surface area is 105 Å². The van der Waals surface area contributed by atoms with Crippen molar-refractivity contribution in [2.24, 2.45) is 0 Å². The molecule has 1 heterocycles. The van der Waals surface area contributed by atoms with Gasteiger partial charge in [-0.2, -0.15) is 0 Å². The molecule has 1 aromatic heterocycles. The molecule has 2 aromatic rings. The van der Waals surface area contributed by atoms with Crippen LogP contribution < -0.4 is 0 Å². The lowest BCUT2D eigenvalue weighted by Crippen LogP contribution is -2.03. The molecule has 1 atom stereocenters. The van der Waals surface area contributed by atoms with Gasteiger partial charge in [0.05, 0.1) is 12.3 Å². The summed E-state index contributed by atoms with van der Waals surface area (Å²) in [4.78, 5) is 4.52. The molecule has 0 amide bonds. The Kier molecular flexibility index (Phi) is 4.25. The van der Waals surface area contributed by atoms with Crippen molar-refractivity contribution in [2.45, 2.75) is 12.7 Å². The number of hydrogen-bond acceptors (Lipinski definition) is 4. The summed E-state index contributed by atoms with van der Waals surface area (Å²) < 4.78 is 10.6. The van der Waals surface area contributed by atoms with Crippen molar-refractivity contribution < 1.29 is 9.47 Å². The number of benzene rings is 1. The second-order valence-corrected chi connectivity index (χ2v) is 4.53. The predicted molar refractivity (Wildman–Crippen MR) is 68.1 cm³/mol. The van der Waals surface area contributed by atoms with Gasteiger partial charge in [-0.15, -0.1) is 11.3 Å². The van der Waals surface area contributed by atoms with Crippen LogP contribution in [0.15, 0.2) is 35.7 Å². The van der Waals surface area contributed by atoms with Crippen LogP contribution in [0, 0.1) is 0 Å². The molecule has 1 unspecified atom stereocenters. The third kappa shape index (κ3) is 2.91. The van der Waals surface area contributed by atoms with E-state index in [1.54, 1.807) is 25.6 Å². The molecule has 17 heavy (non-hydrogen) atoms. The molecule has 0 saturated heterocycles. The maximum Gasteiger partial charge on any atom is 0.134 e. The highest BCUT2D eigenvalue weighted by Crippen LogP contribution is 2.27. The summed E-state index contributed by atoms with van der Waals surface area (Å²) in [6, 6.07) is 10.1. The van der Waals surface area contributed by atoms with E-state index in [-0.39, 0.29) is 6.10 Å². The highest BCUT2D eigenvalue weighted by atomic mass is 32.1. The highest BCUT2D eigenvalue weighted by Gasteiger charge is 2.16. The number of thiazole rings is 1. The number of rotatable bonds is 5. The summed E-state index contributed by atoms with van der Waals surface area (Å²) in [6.45, 7) is 0.543. The summed E-state index contributed by atoms with van der Waals surface area (Å²) in [6.07, 6.45) is -0.0909. The molecule has 0 aliphatic rings. The number of nitrogens with zero attached hydrogens (tertiary/aromatic N) is 1. The number of methoxy groups -OCH3 is 2. The fraction of sp³-hybridized carbons (Fsp3) is 0.308. The molecular formula is C13H15NO2S. The van der Waals surface area contributed by atoms with Gasteiger partial charge in [0.25, 0.3) is 0 Å². The molecule has 0 radical (unpaired) electrons. The lowest BCUT2D eigenvalue weighted by Gasteiger charge is -2.12. The van der Waals surface area contributed by atoms with E-state index in [2.05, 4.69) is 4.98 Å². The zero-order valence-corrected chi connectivity index (χ0v) is 10.7. The molecule has 2 rings (SSSR count). The van der Waals surface area contributed by atoms with E-state index in [4.69, 9.17) is 9.47 Å². The summed E-state index contributed by atoms with van der Waals surface area (Å²) >= 11 is 1.60. The third-order valence-electron chi connectivity index (χ3n) is 2.42. The average molecular weight is 249 g/mol. The quantitative estimate of drug-likeness (QED) is 0.816. The monoisotopic (exact) mass is 249 g/mol. The van der Waals surface area contributed by atoms with Gasteiger partial charge in [-0.25, -0.2) is 4.98 Å². The van der Waals surface area contributed by atoms with Gasteiger partial charge in [0.15, 0.2) is 0 Å². The zero-order chi connectivity index (χ0) is 12.1. The smallest absolute Gasteiger partial charge is 0.134 e. The minimum absolute atomic E-state index is 0.0909. The zero-order valence-electron chi connectivity index (χ0n) is 9.92. The topological polar surface area (TPSA) is 31.4 Å². The summed E-state index contributed by atoms with van der Waals surface area (Å²) in [7, 11) is 3.37. The Morgan fingerprint density at radius 1 is 1.24 bits per heavy atom. The Hall–Kier alpha value is -1.23. The van der Waals surface area contributed by atoms with Gasteiger partial charge >= 0.3 is 0 Å². The first kappa shape index (κ1) is 12.2. The Balaban J connectivity index is 2.23. The number of ether oxygens (including phenoxy) is 2. The van der Waals surface area contributed by atoms with Crippen molar-refractivity contribution >= 4 is 11.3 Å². The molecule has 3 nitrogen and oxygen atoms in total. The van der Waals surface area contributed by atoms with Gasteiger partial charge < -0.3 is 9.47 Å². The van der Waals surface area contributed by atoms with Gasteiger partial charge in [0.1, 0.15) is 11.1 Å². The largest absolute Gasteiger partial charge is 0.378 e. The molecule has 0 aliphatic heterocycles. The maximum absolute atomic E-state index is 5.52. The first-order chi connectivity index (χ1) is 8.35. The summed E-state index contributed by atoms with van der Waals surface area (Å²) in [5.41, 5.74) is 2.07. The van der Waals surface area contributed by atoms with Crippen LogP contribution in [-0.2, 0) is 16.1 Å². The van der Waals surface area contributed by atoms with Crippen LogP contribution in [0.5, 0.6) is 0 Å². The lowest BCUT2D eigenvalue weighted by molar-refractivity contribution is 0.135. The third-order valence-corrected chi connectivity index (χ3v) is 3.36. The van der Waals surface area contributed by atoms with Crippen LogP contribution in [0.3, 0.4) is 0 Å². The van der Waals surface area contributed by atoms with Crippen LogP contribution in [0.2, 0.25) is 0 Å². The Morgan fingerprint density at radius 2 is 2.00 bits per heavy atom. The van der Waals surface area contributed by atoms with Gasteiger partial charge in [0, 0.05) is 19.6 Å². The Bertz CT molecular complexity index is 455. The first-order valence-corrected chi connectivity index (χ1v) is 6.24. The average Bonchev–Trinajstić information content (AvgIpc) is 2.81. The minimum Gasteiger partial charge on any atom is -0.378 e. The minimum atomic E-state index is -0.0909. The van der Waals surface area contributed by atoms with Crippen molar-refractivity contribution in [1.29, 1.82) is 0 Å². The molecule has 1 aromatic carbocycles. The van der Waals surface area contributed by atoms with Crippen LogP contribution in [0.1, 0.15) is 22.4 Å². The van der Waals surface area contributed by atoms with Gasteiger partial charge in [0.2, 0.25) is 0 Å². The molecule has 0 N–H and O–H groups in total. The van der Waals surface area contributed by atoms with Gasteiger partial charge in [-0.3, -0.25) is 0 Å². The molecule has 0 aliphatic carbocycles. The van der Waals surface area contributed by atoms with E-state index >= 15 is 0 Å². The van der Waals surface area contributed by atoms with Crippen LogP contribution in [0.25, 0.3) is 0 Å². The number of aromatic nitrogens is 1. The van der Waals surface area contributed by atoms with Gasteiger partial charge in [-0.1, -0.05) is 30.3 Å². The van der Waals surface area contributed by atoms with Crippen molar-refractivity contribution in [3.8, 4) is 0 Å². The maximum atomic E-state index is 5.52.